The molecule has 0 saturated carbocycles. The molecular weight excluding hydrogens is 241 g/mol. The molecule has 0 aromatic heterocycles. The standard InChI is InChI=1S/C11H12FN3O3/c1-15(4-9(13)16)8-3-7-5(2-6(8)12)10(17)11(18)14-7/h2-3,10,17H,4H2,1H3,(H2,13,16)(H,14,18). The minimum absolute atomic E-state index is 0.127. The van der Waals surface area contributed by atoms with Crippen LogP contribution in [-0.4, -0.2) is 30.5 Å². The summed E-state index contributed by atoms with van der Waals surface area (Å²) in [5, 5.41) is 11.9. The monoisotopic (exact) mass is 253 g/mol. The zero-order valence-corrected chi connectivity index (χ0v) is 9.61. The first-order valence-electron chi connectivity index (χ1n) is 5.22. The van der Waals surface area contributed by atoms with Gasteiger partial charge in [0.15, 0.2) is 6.10 Å². The van der Waals surface area contributed by atoms with Gasteiger partial charge in [-0.25, -0.2) is 4.39 Å². The van der Waals surface area contributed by atoms with Crippen LogP contribution in [0.5, 0.6) is 0 Å². The summed E-state index contributed by atoms with van der Waals surface area (Å²) >= 11 is 0. The van der Waals surface area contributed by atoms with E-state index in [9.17, 15) is 19.1 Å². The van der Waals surface area contributed by atoms with Gasteiger partial charge in [-0.3, -0.25) is 9.59 Å². The Morgan fingerprint density at radius 2 is 2.28 bits per heavy atom. The highest BCUT2D eigenvalue weighted by Gasteiger charge is 2.30. The number of hydrogen-bond donors (Lipinski definition) is 3. The van der Waals surface area contributed by atoms with Gasteiger partial charge in [0.05, 0.1) is 12.2 Å². The predicted molar refractivity (Wildman–Crippen MR) is 62.5 cm³/mol. The molecule has 1 atom stereocenters. The number of aliphatic hydroxyl groups excluding tert-OH is 1. The van der Waals surface area contributed by atoms with Crippen LogP contribution in [0.3, 0.4) is 0 Å². The maximum absolute atomic E-state index is 13.8. The van der Waals surface area contributed by atoms with Crippen LogP contribution in [0.2, 0.25) is 0 Å². The van der Waals surface area contributed by atoms with Crippen molar-refractivity contribution in [3.8, 4) is 0 Å². The van der Waals surface area contributed by atoms with E-state index in [1.165, 1.54) is 18.0 Å². The van der Waals surface area contributed by atoms with Crippen LogP contribution in [0.4, 0.5) is 15.8 Å². The van der Waals surface area contributed by atoms with Crippen LogP contribution in [0.25, 0.3) is 0 Å². The second-order valence-corrected chi connectivity index (χ2v) is 4.11. The average molecular weight is 253 g/mol. The molecule has 1 heterocycles. The van der Waals surface area contributed by atoms with Gasteiger partial charge in [-0.05, 0) is 12.1 Å². The number of aliphatic hydroxyl groups is 1. The van der Waals surface area contributed by atoms with Crippen molar-refractivity contribution in [3.05, 3.63) is 23.5 Å². The second kappa shape index (κ2) is 4.26. The van der Waals surface area contributed by atoms with E-state index in [1.807, 2.05) is 0 Å². The fraction of sp³-hybridized carbons (Fsp3) is 0.273. The Morgan fingerprint density at radius 1 is 1.61 bits per heavy atom. The number of primary amides is 1. The molecule has 96 valence electrons. The van der Waals surface area contributed by atoms with E-state index >= 15 is 0 Å². The molecule has 1 aliphatic rings. The molecular formula is C11H12FN3O3. The first-order chi connectivity index (χ1) is 8.40. The van der Waals surface area contributed by atoms with Crippen molar-refractivity contribution in [2.45, 2.75) is 6.10 Å². The molecule has 0 radical (unpaired) electrons. The number of rotatable bonds is 3. The summed E-state index contributed by atoms with van der Waals surface area (Å²) in [6.07, 6.45) is -1.36. The van der Waals surface area contributed by atoms with E-state index in [0.29, 0.717) is 5.69 Å². The topological polar surface area (TPSA) is 95.7 Å². The lowest BCUT2D eigenvalue weighted by Crippen LogP contribution is -2.31. The largest absolute Gasteiger partial charge is 0.378 e. The van der Waals surface area contributed by atoms with Gasteiger partial charge in [0, 0.05) is 18.3 Å². The summed E-state index contributed by atoms with van der Waals surface area (Å²) in [6.45, 7) is -0.147. The molecule has 1 aliphatic heterocycles. The summed E-state index contributed by atoms with van der Waals surface area (Å²) in [4.78, 5) is 23.3. The molecule has 6 nitrogen and oxygen atoms in total. The number of likely N-dealkylation sites (N-methyl/N-ethyl adjacent to an activating group) is 1. The number of amides is 2. The zero-order valence-electron chi connectivity index (χ0n) is 9.61. The molecule has 4 N–H and O–H groups in total. The van der Waals surface area contributed by atoms with Crippen LogP contribution in [0, 0.1) is 5.82 Å². The third kappa shape index (κ3) is 2.00. The molecule has 0 aliphatic carbocycles. The number of nitrogens with zero attached hydrogens (tertiary/aromatic N) is 1. The molecule has 2 rings (SSSR count). The van der Waals surface area contributed by atoms with Gasteiger partial charge >= 0.3 is 0 Å². The Kier molecular flexibility index (Phi) is 2.92. The van der Waals surface area contributed by atoms with Crippen molar-refractivity contribution in [1.29, 1.82) is 0 Å². The number of nitrogens with two attached hydrogens (primary N) is 1. The van der Waals surface area contributed by atoms with E-state index < -0.39 is 23.7 Å². The second-order valence-electron chi connectivity index (χ2n) is 4.11. The molecule has 1 unspecified atom stereocenters. The summed E-state index contributed by atoms with van der Waals surface area (Å²) in [7, 11) is 1.50. The lowest BCUT2D eigenvalue weighted by Gasteiger charge is -2.19. The van der Waals surface area contributed by atoms with E-state index in [4.69, 9.17) is 5.73 Å². The highest BCUT2D eigenvalue weighted by Crippen LogP contribution is 2.35. The Morgan fingerprint density at radius 3 is 2.89 bits per heavy atom. The fourth-order valence-electron chi connectivity index (χ4n) is 1.87. The summed E-state index contributed by atoms with van der Waals surface area (Å²) in [5.41, 5.74) is 5.67. The number of hydrogen-bond acceptors (Lipinski definition) is 4. The van der Waals surface area contributed by atoms with Crippen molar-refractivity contribution in [2.24, 2.45) is 5.73 Å². The van der Waals surface area contributed by atoms with E-state index in [2.05, 4.69) is 5.32 Å². The van der Waals surface area contributed by atoms with Gasteiger partial charge in [0.1, 0.15) is 5.82 Å². The maximum atomic E-state index is 13.8. The van der Waals surface area contributed by atoms with Crippen LogP contribution in [-0.2, 0) is 9.59 Å². The lowest BCUT2D eigenvalue weighted by molar-refractivity contribution is -0.123. The molecule has 0 bridgehead atoms. The lowest BCUT2D eigenvalue weighted by atomic mass is 10.1. The molecule has 0 fully saturated rings. The van der Waals surface area contributed by atoms with Crippen LogP contribution in [0.1, 0.15) is 11.7 Å². The van der Waals surface area contributed by atoms with Gasteiger partial charge in [-0.1, -0.05) is 0 Å². The van der Waals surface area contributed by atoms with Crippen LogP contribution >= 0.6 is 0 Å². The first-order valence-corrected chi connectivity index (χ1v) is 5.22. The van der Waals surface area contributed by atoms with E-state index in [0.717, 1.165) is 6.07 Å². The summed E-state index contributed by atoms with van der Waals surface area (Å²) < 4.78 is 13.8. The zero-order chi connectivity index (χ0) is 13.4. The number of carbonyl (C=O) groups excluding carboxylic acids is 2. The SMILES string of the molecule is CN(CC(N)=O)c1cc2c(cc1F)C(O)C(=O)N2. The molecule has 2 amide bonds. The number of halogens is 1. The van der Waals surface area contributed by atoms with Crippen LogP contribution in [0.15, 0.2) is 12.1 Å². The Hall–Kier alpha value is -2.15. The number of benzene rings is 1. The quantitative estimate of drug-likeness (QED) is 0.691. The van der Waals surface area contributed by atoms with E-state index in [1.54, 1.807) is 0 Å². The van der Waals surface area contributed by atoms with Crippen molar-refractivity contribution in [3.63, 3.8) is 0 Å². The minimum Gasteiger partial charge on any atom is -0.378 e. The minimum atomic E-state index is -1.36. The van der Waals surface area contributed by atoms with Crippen LogP contribution < -0.4 is 16.0 Å². The molecule has 0 spiro atoms. The Bertz CT molecular complexity index is 533. The number of anilines is 2. The third-order valence-electron chi connectivity index (χ3n) is 2.72. The van der Waals surface area contributed by atoms with Crippen molar-refractivity contribution < 1.29 is 19.1 Å². The van der Waals surface area contributed by atoms with Gasteiger partial charge in [0.25, 0.3) is 5.91 Å². The Balaban J connectivity index is 2.38. The highest BCUT2D eigenvalue weighted by molar-refractivity contribution is 6.02. The fourth-order valence-corrected chi connectivity index (χ4v) is 1.87. The summed E-state index contributed by atoms with van der Waals surface area (Å²) in [6, 6.07) is 2.44. The number of fused-ring (bicyclic) bond motifs is 1. The molecule has 0 saturated heterocycles. The number of nitrogens with one attached hydrogen (secondary N) is 1. The van der Waals surface area contributed by atoms with Crippen molar-refractivity contribution in [1.82, 2.24) is 0 Å². The predicted octanol–water partition coefficient (Wildman–Crippen LogP) is -0.267. The normalized spacial score (nSPS) is 17.3. The third-order valence-corrected chi connectivity index (χ3v) is 2.72. The summed E-state index contributed by atoms with van der Waals surface area (Å²) in [5.74, 6) is -1.83. The highest BCUT2D eigenvalue weighted by atomic mass is 19.1. The van der Waals surface area contributed by atoms with Gasteiger partial charge in [-0.15, -0.1) is 0 Å². The molecule has 18 heavy (non-hydrogen) atoms. The van der Waals surface area contributed by atoms with Gasteiger partial charge in [-0.2, -0.15) is 0 Å². The molecule has 7 heteroatoms. The van der Waals surface area contributed by atoms with Gasteiger partial charge in [0.2, 0.25) is 5.91 Å². The molecule has 1 aromatic rings. The van der Waals surface area contributed by atoms with E-state index in [-0.39, 0.29) is 17.8 Å². The van der Waals surface area contributed by atoms with Crippen molar-refractivity contribution >= 4 is 23.2 Å². The smallest absolute Gasteiger partial charge is 0.257 e. The van der Waals surface area contributed by atoms with Crippen molar-refractivity contribution in [2.75, 3.05) is 23.8 Å². The average Bonchev–Trinajstić information content (AvgIpc) is 2.53. The molecule has 1 aromatic carbocycles. The number of carbonyl (C=O) groups is 2. The van der Waals surface area contributed by atoms with Gasteiger partial charge < -0.3 is 21.1 Å². The Labute approximate surface area is 102 Å². The maximum Gasteiger partial charge on any atom is 0.257 e. The first kappa shape index (κ1) is 12.3.